The molecule has 2 aromatic rings. The highest BCUT2D eigenvalue weighted by atomic mass is 32.1. The molecule has 3 amide bonds. The third-order valence-corrected chi connectivity index (χ3v) is 5.19. The number of ether oxygens (including phenoxy) is 2. The van der Waals surface area contributed by atoms with Crippen LogP contribution in [0, 0.1) is 5.92 Å². The fraction of sp³-hybridized carbons (Fsp3) is 0.263. The molecule has 0 radical (unpaired) electrons. The van der Waals surface area contributed by atoms with E-state index in [-0.39, 0.29) is 29.4 Å². The third kappa shape index (κ3) is 4.54. The molecule has 2 heterocycles. The van der Waals surface area contributed by atoms with Crippen molar-refractivity contribution in [2.45, 2.75) is 6.42 Å². The maximum atomic E-state index is 12.3. The van der Waals surface area contributed by atoms with Crippen molar-refractivity contribution in [2.24, 2.45) is 11.7 Å². The number of benzene rings is 1. The summed E-state index contributed by atoms with van der Waals surface area (Å²) in [6.07, 6.45) is -0.0186. The number of nitrogens with two attached hydrogens (primary N) is 1. The molecule has 152 valence electrons. The number of carbonyl (C=O) groups is 4. The number of anilines is 2. The van der Waals surface area contributed by atoms with Gasteiger partial charge in [-0.3, -0.25) is 19.2 Å². The van der Waals surface area contributed by atoms with E-state index in [0.717, 1.165) is 11.3 Å². The SMILES string of the molecule is COc1ccccc1N1C[C@H](C(=O)OCC(=O)Nc2sccc2C(N)=O)CC1=O. The lowest BCUT2D eigenvalue weighted by Gasteiger charge is -2.19. The van der Waals surface area contributed by atoms with Gasteiger partial charge in [-0.1, -0.05) is 12.1 Å². The van der Waals surface area contributed by atoms with Gasteiger partial charge in [-0.05, 0) is 23.6 Å². The van der Waals surface area contributed by atoms with Crippen LogP contribution in [0.4, 0.5) is 10.7 Å². The van der Waals surface area contributed by atoms with Crippen molar-refractivity contribution in [3.63, 3.8) is 0 Å². The smallest absolute Gasteiger partial charge is 0.311 e. The van der Waals surface area contributed by atoms with Crippen molar-refractivity contribution < 1.29 is 28.7 Å². The molecule has 3 N–H and O–H groups in total. The second-order valence-electron chi connectivity index (χ2n) is 6.26. The first-order chi connectivity index (χ1) is 13.9. The van der Waals surface area contributed by atoms with Crippen molar-refractivity contribution in [1.29, 1.82) is 0 Å². The van der Waals surface area contributed by atoms with Gasteiger partial charge in [-0.2, -0.15) is 0 Å². The predicted molar refractivity (Wildman–Crippen MR) is 106 cm³/mol. The molecule has 10 heteroatoms. The molecule has 1 aliphatic rings. The average Bonchev–Trinajstić information content (AvgIpc) is 3.32. The Kier molecular flexibility index (Phi) is 6.13. The Hall–Kier alpha value is -3.40. The van der Waals surface area contributed by atoms with Crippen LogP contribution in [0.5, 0.6) is 5.75 Å². The summed E-state index contributed by atoms with van der Waals surface area (Å²) in [6, 6.07) is 8.50. The minimum Gasteiger partial charge on any atom is -0.495 e. The van der Waals surface area contributed by atoms with E-state index >= 15 is 0 Å². The van der Waals surface area contributed by atoms with E-state index in [9.17, 15) is 19.2 Å². The van der Waals surface area contributed by atoms with E-state index in [4.69, 9.17) is 15.2 Å². The molecule has 1 aromatic heterocycles. The largest absolute Gasteiger partial charge is 0.495 e. The molecule has 1 atom stereocenters. The summed E-state index contributed by atoms with van der Waals surface area (Å²) >= 11 is 1.13. The Morgan fingerprint density at radius 2 is 2.03 bits per heavy atom. The average molecular weight is 417 g/mol. The van der Waals surface area contributed by atoms with Gasteiger partial charge in [0, 0.05) is 13.0 Å². The van der Waals surface area contributed by atoms with Gasteiger partial charge < -0.3 is 25.4 Å². The molecule has 1 aromatic carbocycles. The van der Waals surface area contributed by atoms with Crippen molar-refractivity contribution in [3.05, 3.63) is 41.3 Å². The number of carbonyl (C=O) groups excluding carboxylic acids is 4. The molecule has 29 heavy (non-hydrogen) atoms. The molecule has 1 aliphatic heterocycles. The van der Waals surface area contributed by atoms with Gasteiger partial charge in [0.2, 0.25) is 5.91 Å². The van der Waals surface area contributed by atoms with E-state index in [0.29, 0.717) is 11.4 Å². The first kappa shape index (κ1) is 20.3. The van der Waals surface area contributed by atoms with Crippen LogP contribution in [-0.2, 0) is 19.1 Å². The van der Waals surface area contributed by atoms with Crippen LogP contribution in [0.2, 0.25) is 0 Å². The van der Waals surface area contributed by atoms with E-state index in [1.807, 2.05) is 0 Å². The highest BCUT2D eigenvalue weighted by Gasteiger charge is 2.37. The lowest BCUT2D eigenvalue weighted by molar-refractivity contribution is -0.151. The first-order valence-corrected chi connectivity index (χ1v) is 9.55. The molecular weight excluding hydrogens is 398 g/mol. The van der Waals surface area contributed by atoms with Gasteiger partial charge >= 0.3 is 5.97 Å². The van der Waals surface area contributed by atoms with Crippen LogP contribution in [0.1, 0.15) is 16.8 Å². The summed E-state index contributed by atoms with van der Waals surface area (Å²) in [5, 5.41) is 4.38. The van der Waals surface area contributed by atoms with Gasteiger partial charge in [-0.15, -0.1) is 11.3 Å². The molecule has 0 bridgehead atoms. The Balaban J connectivity index is 1.56. The maximum absolute atomic E-state index is 12.3. The molecule has 0 spiro atoms. The van der Waals surface area contributed by atoms with Crippen LogP contribution in [0.3, 0.4) is 0 Å². The second kappa shape index (κ2) is 8.74. The monoisotopic (exact) mass is 417 g/mol. The highest BCUT2D eigenvalue weighted by Crippen LogP contribution is 2.33. The highest BCUT2D eigenvalue weighted by molar-refractivity contribution is 7.14. The number of esters is 1. The van der Waals surface area contributed by atoms with Crippen molar-refractivity contribution in [2.75, 3.05) is 30.5 Å². The number of hydrogen-bond acceptors (Lipinski definition) is 7. The maximum Gasteiger partial charge on any atom is 0.311 e. The zero-order valence-corrected chi connectivity index (χ0v) is 16.4. The Morgan fingerprint density at radius 1 is 1.28 bits per heavy atom. The second-order valence-corrected chi connectivity index (χ2v) is 7.18. The van der Waals surface area contributed by atoms with Crippen LogP contribution in [0.25, 0.3) is 0 Å². The lowest BCUT2D eigenvalue weighted by atomic mass is 10.1. The van der Waals surface area contributed by atoms with Crippen molar-refractivity contribution >= 4 is 45.7 Å². The number of thiophene rings is 1. The Bertz CT molecular complexity index is 957. The zero-order valence-electron chi connectivity index (χ0n) is 15.5. The van der Waals surface area contributed by atoms with E-state index in [1.54, 1.807) is 29.6 Å². The summed E-state index contributed by atoms with van der Waals surface area (Å²) in [7, 11) is 1.50. The number of para-hydroxylation sites is 2. The summed E-state index contributed by atoms with van der Waals surface area (Å²) in [5.74, 6) is -2.31. The van der Waals surface area contributed by atoms with E-state index in [2.05, 4.69) is 5.32 Å². The molecular formula is C19H19N3O6S. The first-order valence-electron chi connectivity index (χ1n) is 8.68. The molecule has 0 saturated carbocycles. The predicted octanol–water partition coefficient (Wildman–Crippen LogP) is 1.39. The number of nitrogens with zero attached hydrogens (tertiary/aromatic N) is 1. The van der Waals surface area contributed by atoms with E-state index in [1.165, 1.54) is 18.1 Å². The quantitative estimate of drug-likeness (QED) is 0.655. The fourth-order valence-electron chi connectivity index (χ4n) is 2.97. The van der Waals surface area contributed by atoms with Gasteiger partial charge in [-0.25, -0.2) is 0 Å². The Morgan fingerprint density at radius 3 is 2.76 bits per heavy atom. The summed E-state index contributed by atoms with van der Waals surface area (Å²) in [5.41, 5.74) is 5.98. The van der Waals surface area contributed by atoms with Crippen LogP contribution in [-0.4, -0.2) is 44.0 Å². The third-order valence-electron chi connectivity index (χ3n) is 4.36. The van der Waals surface area contributed by atoms with Gasteiger partial charge in [0.1, 0.15) is 10.8 Å². The normalized spacial score (nSPS) is 15.8. The summed E-state index contributed by atoms with van der Waals surface area (Å²) in [4.78, 5) is 49.4. The van der Waals surface area contributed by atoms with Gasteiger partial charge in [0.25, 0.3) is 11.8 Å². The molecule has 1 saturated heterocycles. The molecule has 1 fully saturated rings. The number of rotatable bonds is 7. The van der Waals surface area contributed by atoms with Gasteiger partial charge in [0.15, 0.2) is 6.61 Å². The number of amides is 3. The molecule has 3 rings (SSSR count). The zero-order chi connectivity index (χ0) is 21.0. The summed E-state index contributed by atoms with van der Waals surface area (Å²) < 4.78 is 10.3. The van der Waals surface area contributed by atoms with Crippen molar-refractivity contribution in [1.82, 2.24) is 0 Å². The number of methoxy groups -OCH3 is 1. The number of primary amides is 1. The minimum atomic E-state index is -0.692. The van der Waals surface area contributed by atoms with E-state index < -0.39 is 30.3 Å². The standard InChI is InChI=1S/C19H19N3O6S/c1-27-14-5-3-2-4-13(14)22-9-11(8-16(22)24)19(26)28-10-15(23)21-18-12(17(20)25)6-7-29-18/h2-7,11H,8-10H2,1H3,(H2,20,25)(H,21,23)/t11-/m1/s1. The number of hydrogen-bond donors (Lipinski definition) is 2. The number of nitrogens with one attached hydrogen (secondary N) is 1. The molecule has 0 unspecified atom stereocenters. The van der Waals surface area contributed by atoms with Crippen molar-refractivity contribution in [3.8, 4) is 5.75 Å². The topological polar surface area (TPSA) is 128 Å². The van der Waals surface area contributed by atoms with Crippen LogP contribution >= 0.6 is 11.3 Å². The van der Waals surface area contributed by atoms with Crippen LogP contribution < -0.4 is 20.7 Å². The fourth-order valence-corrected chi connectivity index (χ4v) is 3.78. The van der Waals surface area contributed by atoms with Gasteiger partial charge in [0.05, 0.1) is 24.3 Å². The summed E-state index contributed by atoms with van der Waals surface area (Å²) in [6.45, 7) is -0.398. The molecule has 9 nitrogen and oxygen atoms in total. The van der Waals surface area contributed by atoms with Crippen LogP contribution in [0.15, 0.2) is 35.7 Å². The minimum absolute atomic E-state index is 0.0186. The Labute approximate surface area is 170 Å². The molecule has 0 aliphatic carbocycles. The lowest BCUT2D eigenvalue weighted by Crippen LogP contribution is -2.28.